The zero-order chi connectivity index (χ0) is 40.7. The van der Waals surface area contributed by atoms with Gasteiger partial charge in [-0.15, -0.1) is 10.2 Å². The molecular formula is C41H40F3N11O4. The fraction of sp³-hybridized carbons (Fsp3) is 0.390. The molecule has 3 fully saturated rings. The van der Waals surface area contributed by atoms with Crippen molar-refractivity contribution >= 4 is 45.9 Å². The van der Waals surface area contributed by atoms with Crippen LogP contribution in [0, 0.1) is 12.7 Å². The lowest BCUT2D eigenvalue weighted by atomic mass is 9.92. The van der Waals surface area contributed by atoms with Gasteiger partial charge >= 0.3 is 0 Å². The number of rotatable bonds is 7. The summed E-state index contributed by atoms with van der Waals surface area (Å²) in [5, 5.41) is 29.8. The van der Waals surface area contributed by atoms with E-state index in [0.29, 0.717) is 42.2 Å². The van der Waals surface area contributed by atoms with Gasteiger partial charge in [-0.2, -0.15) is 5.10 Å². The molecule has 3 saturated heterocycles. The predicted molar refractivity (Wildman–Crippen MR) is 210 cm³/mol. The number of aryl methyl sites for hydroxylation is 1. The van der Waals surface area contributed by atoms with Gasteiger partial charge in [-0.05, 0) is 60.9 Å². The minimum absolute atomic E-state index is 0.0653. The third-order valence-electron chi connectivity index (χ3n) is 12.6. The first-order valence-corrected chi connectivity index (χ1v) is 19.7. The van der Waals surface area contributed by atoms with Crippen LogP contribution in [0.5, 0.6) is 5.75 Å². The van der Waals surface area contributed by atoms with Gasteiger partial charge in [-0.25, -0.2) is 22.8 Å². The fourth-order valence-corrected chi connectivity index (χ4v) is 9.45. The smallest absolute Gasteiger partial charge is 0.263 e. The number of phenolic OH excluding ortho intramolecular Hbond substituents is 1. The van der Waals surface area contributed by atoms with E-state index < -0.39 is 41.5 Å². The van der Waals surface area contributed by atoms with E-state index in [4.69, 9.17) is 10.1 Å². The van der Waals surface area contributed by atoms with Crippen LogP contribution in [0.4, 0.5) is 30.4 Å². The lowest BCUT2D eigenvalue weighted by Crippen LogP contribution is -2.57. The number of hydrogen-bond donors (Lipinski definition) is 3. The van der Waals surface area contributed by atoms with Gasteiger partial charge < -0.3 is 25.1 Å². The number of carbonyl (C=O) groups excluding carboxylic acids is 3. The number of piperazine rings is 1. The fourth-order valence-electron chi connectivity index (χ4n) is 9.45. The highest BCUT2D eigenvalue weighted by Gasteiger charge is 2.56. The molecule has 3 N–H and O–H groups in total. The van der Waals surface area contributed by atoms with Gasteiger partial charge in [0.15, 0.2) is 23.0 Å². The third kappa shape index (κ3) is 6.10. The molecule has 18 heteroatoms. The van der Waals surface area contributed by atoms with E-state index >= 15 is 8.78 Å². The summed E-state index contributed by atoms with van der Waals surface area (Å²) in [7, 11) is 0. The molecule has 15 nitrogen and oxygen atoms in total. The molecule has 0 unspecified atom stereocenters. The number of hydrogen-bond acceptors (Lipinski definition) is 12. The van der Waals surface area contributed by atoms with Gasteiger partial charge in [0.25, 0.3) is 12.3 Å². The molecule has 5 aliphatic heterocycles. The van der Waals surface area contributed by atoms with Crippen molar-refractivity contribution in [1.82, 2.24) is 40.1 Å². The van der Waals surface area contributed by atoms with Crippen molar-refractivity contribution in [2.24, 2.45) is 0 Å². The van der Waals surface area contributed by atoms with Gasteiger partial charge in [0.05, 0.1) is 23.1 Å². The lowest BCUT2D eigenvalue weighted by Gasteiger charge is -2.43. The number of nitrogens with zero attached hydrogens (tertiary/aromatic N) is 9. The highest BCUT2D eigenvalue weighted by atomic mass is 19.3. The summed E-state index contributed by atoms with van der Waals surface area (Å²) in [5.41, 5.74) is 3.84. The zero-order valence-electron chi connectivity index (χ0n) is 32.0. The summed E-state index contributed by atoms with van der Waals surface area (Å²) in [5.74, 6) is -2.01. The van der Waals surface area contributed by atoms with Crippen molar-refractivity contribution in [3.63, 3.8) is 0 Å². The first-order valence-electron chi connectivity index (χ1n) is 19.7. The maximum atomic E-state index is 15.2. The minimum atomic E-state index is -2.73. The van der Waals surface area contributed by atoms with E-state index in [2.05, 4.69) is 36.7 Å². The summed E-state index contributed by atoms with van der Waals surface area (Å²) < 4.78 is 46.3. The molecule has 5 aromatic rings. The van der Waals surface area contributed by atoms with Crippen molar-refractivity contribution in [3.8, 4) is 17.0 Å². The van der Waals surface area contributed by atoms with Crippen LogP contribution in [-0.4, -0.2) is 115 Å². The summed E-state index contributed by atoms with van der Waals surface area (Å²) >= 11 is 0. The molecule has 3 atom stereocenters. The number of para-hydroxylation sites is 1. The number of amides is 3. The lowest BCUT2D eigenvalue weighted by molar-refractivity contribution is -0.136. The number of phenols is 1. The number of piperidine rings is 1. The number of halogens is 3. The Labute approximate surface area is 335 Å². The van der Waals surface area contributed by atoms with Crippen molar-refractivity contribution in [2.75, 3.05) is 54.4 Å². The number of nitrogens with one attached hydrogen (secondary N) is 2. The second-order valence-electron chi connectivity index (χ2n) is 16.1. The number of fused-ring (bicyclic) bond motifs is 5. The van der Waals surface area contributed by atoms with Gasteiger partial charge in [-0.1, -0.05) is 12.1 Å². The second-order valence-corrected chi connectivity index (χ2v) is 16.1. The van der Waals surface area contributed by atoms with Gasteiger partial charge in [0.2, 0.25) is 11.8 Å². The van der Waals surface area contributed by atoms with Crippen LogP contribution in [0.1, 0.15) is 52.5 Å². The number of alkyl halides is 2. The first kappa shape index (κ1) is 37.0. The Bertz CT molecular complexity index is 2560. The largest absolute Gasteiger partial charge is 0.504 e. The van der Waals surface area contributed by atoms with Crippen LogP contribution in [0.25, 0.3) is 22.3 Å². The van der Waals surface area contributed by atoms with Crippen LogP contribution in [0.3, 0.4) is 0 Å². The third-order valence-corrected chi connectivity index (χ3v) is 12.6. The second kappa shape index (κ2) is 13.9. The Hall–Kier alpha value is -6.30. The average Bonchev–Trinajstić information content (AvgIpc) is 3.90. The highest BCUT2D eigenvalue weighted by molar-refractivity contribution is 6.05. The highest BCUT2D eigenvalue weighted by Crippen LogP contribution is 2.49. The molecule has 304 valence electrons. The molecule has 3 amide bonds. The van der Waals surface area contributed by atoms with E-state index in [-0.39, 0.29) is 49.0 Å². The van der Waals surface area contributed by atoms with Gasteiger partial charge in [-0.3, -0.25) is 24.6 Å². The molecule has 8 heterocycles. The molecule has 0 saturated carbocycles. The Morgan fingerprint density at radius 2 is 1.85 bits per heavy atom. The van der Waals surface area contributed by atoms with Crippen molar-refractivity contribution in [1.29, 1.82) is 0 Å². The monoisotopic (exact) mass is 807 g/mol. The SMILES string of the molecule is Cc1nn([C@H]2CN3c4cc(-c5cccc(F)c5O)nnc4NC[C@@]3(C(F)F)C2)c2ncc(CN3CCN(c4ccc5c(c4)C(=O)N([C@H]4CCC(=O)NC4=O)C5)CC3)cc12. The topological polar surface area (TPSA) is 165 Å². The summed E-state index contributed by atoms with van der Waals surface area (Å²) in [6, 6.07) is 12.5. The summed E-state index contributed by atoms with van der Waals surface area (Å²) in [4.78, 5) is 50.2. The molecule has 2 aromatic carbocycles. The van der Waals surface area contributed by atoms with E-state index in [1.165, 1.54) is 12.1 Å². The standard InChI is InChI=1S/C41H40F3N11O4/c1-22-28-13-23(18-51-9-11-52(12-10-51)25-6-5-24-19-53(39(59)29(24)14-25)32-7-8-34(56)47-38(32)58)17-45-37(28)55(50-22)26-16-41(40(43)44)21-46-36-33(54(41)20-26)15-31(48-49-36)27-3-2-4-30(42)35(27)57/h2-6,13-15,17,26,32,40,57H,7-12,16,18-21H2,1H3,(H,46,49)(H,47,56,58)/t26-,32+,41-/m1/s1. The van der Waals surface area contributed by atoms with Gasteiger partial charge in [0.1, 0.15) is 11.6 Å². The molecular weight excluding hydrogens is 768 g/mol. The van der Waals surface area contributed by atoms with Crippen molar-refractivity contribution in [3.05, 3.63) is 82.9 Å². The van der Waals surface area contributed by atoms with E-state index in [1.807, 2.05) is 31.3 Å². The zero-order valence-corrected chi connectivity index (χ0v) is 32.0. The molecule has 3 aromatic heterocycles. The number of imide groups is 1. The number of pyridine rings is 1. The Kier molecular flexibility index (Phi) is 8.73. The normalized spacial score (nSPS) is 23.1. The predicted octanol–water partition coefficient (Wildman–Crippen LogP) is 4.01. The van der Waals surface area contributed by atoms with Gasteiger partial charge in [0, 0.05) is 93.6 Å². The van der Waals surface area contributed by atoms with E-state index in [0.717, 1.165) is 60.1 Å². The van der Waals surface area contributed by atoms with E-state index in [9.17, 15) is 23.9 Å². The number of aromatic nitrogens is 5. The number of carbonyl (C=O) groups is 3. The van der Waals surface area contributed by atoms with Crippen LogP contribution in [-0.2, 0) is 22.7 Å². The molecule has 0 radical (unpaired) electrons. The molecule has 0 aliphatic carbocycles. The molecule has 0 bridgehead atoms. The molecule has 10 rings (SSSR count). The number of anilines is 3. The van der Waals surface area contributed by atoms with Crippen LogP contribution in [0.2, 0.25) is 0 Å². The maximum absolute atomic E-state index is 15.2. The van der Waals surface area contributed by atoms with Crippen LogP contribution >= 0.6 is 0 Å². The number of benzene rings is 2. The van der Waals surface area contributed by atoms with Crippen LogP contribution < -0.4 is 20.4 Å². The minimum Gasteiger partial charge on any atom is -0.504 e. The summed E-state index contributed by atoms with van der Waals surface area (Å²) in [6.45, 7) is 6.06. The molecule has 5 aliphatic rings. The maximum Gasteiger partial charge on any atom is 0.263 e. The Morgan fingerprint density at radius 3 is 2.64 bits per heavy atom. The van der Waals surface area contributed by atoms with Crippen molar-refractivity contribution < 1.29 is 32.7 Å². The Balaban J connectivity index is 0.827. The van der Waals surface area contributed by atoms with E-state index in [1.54, 1.807) is 20.5 Å². The number of aromatic hydroxyl groups is 1. The molecule has 0 spiro atoms. The van der Waals surface area contributed by atoms with Crippen molar-refractivity contribution in [2.45, 2.75) is 63.3 Å². The molecule has 59 heavy (non-hydrogen) atoms. The van der Waals surface area contributed by atoms with Crippen LogP contribution in [0.15, 0.2) is 54.7 Å². The quantitative estimate of drug-likeness (QED) is 0.203. The average molecular weight is 808 g/mol. The summed E-state index contributed by atoms with van der Waals surface area (Å²) in [6.07, 6.45) is -0.284. The Morgan fingerprint density at radius 1 is 1.02 bits per heavy atom. The first-order chi connectivity index (χ1) is 28.5.